The third-order valence-electron chi connectivity index (χ3n) is 3.73. The topological polar surface area (TPSA) is 76.3 Å². The summed E-state index contributed by atoms with van der Waals surface area (Å²) in [5.74, 6) is -0.191. The monoisotopic (exact) mass is 339 g/mol. The van der Waals surface area contributed by atoms with E-state index in [1.54, 1.807) is 16.2 Å². The third kappa shape index (κ3) is 1.89. The van der Waals surface area contributed by atoms with Crippen LogP contribution in [0.2, 0.25) is 0 Å². The van der Waals surface area contributed by atoms with E-state index in [1.165, 1.54) is 0 Å². The number of piperidine rings is 1. The van der Waals surface area contributed by atoms with Crippen LogP contribution in [0.5, 0.6) is 0 Å². The number of aliphatic hydroxyl groups excluding tert-OH is 1. The Morgan fingerprint density at radius 1 is 1.40 bits per heavy atom. The molecule has 1 aliphatic heterocycles. The molecule has 1 saturated heterocycles. The first kappa shape index (κ1) is 13.4. The zero-order valence-corrected chi connectivity index (χ0v) is 12.4. The summed E-state index contributed by atoms with van der Waals surface area (Å²) in [4.78, 5) is 23.7. The Bertz CT molecular complexity index is 749. The molecule has 3 rings (SSSR count). The molecular weight excluding hydrogens is 326 g/mol. The Balaban J connectivity index is 2.22. The Hall–Kier alpha value is -1.60. The maximum atomic E-state index is 12.4. The second kappa shape index (κ2) is 4.75. The van der Waals surface area contributed by atoms with Gasteiger partial charge in [-0.3, -0.25) is 13.9 Å². The molecule has 2 atom stereocenters. The number of aliphatic hydroxyl groups is 1. The van der Waals surface area contributed by atoms with Gasteiger partial charge in [0.05, 0.1) is 17.1 Å². The first-order chi connectivity index (χ1) is 9.50. The van der Waals surface area contributed by atoms with Crippen molar-refractivity contribution in [2.75, 3.05) is 0 Å². The molecule has 0 spiro atoms. The average Bonchev–Trinajstić information content (AvgIpc) is 2.64. The number of nitrogens with one attached hydrogen (secondary N) is 1. The van der Waals surface area contributed by atoms with Crippen molar-refractivity contribution >= 4 is 32.9 Å². The van der Waals surface area contributed by atoms with Crippen LogP contribution in [0.15, 0.2) is 27.5 Å². The van der Waals surface area contributed by atoms with Crippen LogP contribution in [-0.2, 0) is 11.8 Å². The number of carbonyl (C=O) groups excluding carboxylic acids is 1. The van der Waals surface area contributed by atoms with Gasteiger partial charge in [-0.1, -0.05) is 6.07 Å². The maximum absolute atomic E-state index is 12.4. The Labute approximate surface area is 123 Å². The molecule has 1 aromatic heterocycles. The minimum Gasteiger partial charge on any atom is -0.372 e. The summed E-state index contributed by atoms with van der Waals surface area (Å²) in [6.45, 7) is 0. The van der Waals surface area contributed by atoms with Gasteiger partial charge in [-0.2, -0.15) is 0 Å². The van der Waals surface area contributed by atoms with E-state index in [-0.39, 0.29) is 11.6 Å². The number of nitrogens with zero attached hydrogens (tertiary/aromatic N) is 2. The quantitative estimate of drug-likeness (QED) is 0.809. The molecule has 0 saturated carbocycles. The van der Waals surface area contributed by atoms with Crippen molar-refractivity contribution in [2.24, 2.45) is 7.05 Å². The van der Waals surface area contributed by atoms with E-state index in [0.29, 0.717) is 12.8 Å². The number of rotatable bonds is 1. The molecule has 2 heterocycles. The molecule has 1 aromatic carbocycles. The molecule has 2 N–H and O–H groups in total. The SMILES string of the molecule is Cn1c(=O)n(C2CCC(=O)NC2O)c2cccc(Br)c21. The fourth-order valence-corrected chi connectivity index (χ4v) is 3.37. The van der Waals surface area contributed by atoms with Gasteiger partial charge in [-0.25, -0.2) is 4.79 Å². The summed E-state index contributed by atoms with van der Waals surface area (Å²) >= 11 is 3.44. The number of carbonyl (C=O) groups is 1. The highest BCUT2D eigenvalue weighted by Gasteiger charge is 2.31. The van der Waals surface area contributed by atoms with Crippen LogP contribution in [0.1, 0.15) is 18.9 Å². The molecule has 0 aliphatic carbocycles. The predicted molar refractivity (Wildman–Crippen MR) is 77.3 cm³/mol. The lowest BCUT2D eigenvalue weighted by molar-refractivity contribution is -0.128. The number of amides is 1. The molecule has 1 aliphatic rings. The lowest BCUT2D eigenvalue weighted by Crippen LogP contribution is -2.47. The van der Waals surface area contributed by atoms with Gasteiger partial charge in [-0.05, 0) is 34.5 Å². The van der Waals surface area contributed by atoms with Crippen LogP contribution in [0, 0.1) is 0 Å². The number of benzene rings is 1. The smallest absolute Gasteiger partial charge is 0.329 e. The molecule has 7 heteroatoms. The standard InChI is InChI=1S/C13H14BrN3O3/c1-16-11-7(14)3-2-4-8(11)17(13(16)20)9-5-6-10(18)15-12(9)19/h2-4,9,12,19H,5-6H2,1H3,(H,15,18). The van der Waals surface area contributed by atoms with Crippen LogP contribution in [-0.4, -0.2) is 26.4 Å². The number of imidazole rings is 1. The Kier molecular flexibility index (Phi) is 3.18. The van der Waals surface area contributed by atoms with Gasteiger partial charge >= 0.3 is 5.69 Å². The van der Waals surface area contributed by atoms with Gasteiger partial charge in [0.2, 0.25) is 5.91 Å². The van der Waals surface area contributed by atoms with Crippen LogP contribution in [0.3, 0.4) is 0 Å². The summed E-state index contributed by atoms with van der Waals surface area (Å²) in [6.07, 6.45) is -0.296. The lowest BCUT2D eigenvalue weighted by atomic mass is 10.0. The van der Waals surface area contributed by atoms with Crippen molar-refractivity contribution in [3.63, 3.8) is 0 Å². The van der Waals surface area contributed by atoms with E-state index in [9.17, 15) is 14.7 Å². The number of hydrogen-bond donors (Lipinski definition) is 2. The summed E-state index contributed by atoms with van der Waals surface area (Å²) in [7, 11) is 1.69. The van der Waals surface area contributed by atoms with E-state index >= 15 is 0 Å². The molecule has 2 unspecified atom stereocenters. The number of halogens is 1. The fourth-order valence-electron chi connectivity index (χ4n) is 2.75. The molecule has 0 radical (unpaired) electrons. The van der Waals surface area contributed by atoms with Gasteiger partial charge in [0, 0.05) is 17.9 Å². The van der Waals surface area contributed by atoms with Crippen molar-refractivity contribution in [1.82, 2.24) is 14.5 Å². The van der Waals surface area contributed by atoms with Crippen molar-refractivity contribution in [2.45, 2.75) is 25.1 Å². The van der Waals surface area contributed by atoms with Crippen LogP contribution < -0.4 is 11.0 Å². The molecule has 6 nitrogen and oxygen atoms in total. The number of hydrogen-bond acceptors (Lipinski definition) is 3. The minimum absolute atomic E-state index is 0.191. The van der Waals surface area contributed by atoms with Gasteiger partial charge in [-0.15, -0.1) is 0 Å². The molecule has 106 valence electrons. The largest absolute Gasteiger partial charge is 0.372 e. The number of fused-ring (bicyclic) bond motifs is 1. The van der Waals surface area contributed by atoms with E-state index in [4.69, 9.17) is 0 Å². The Morgan fingerprint density at radius 3 is 2.85 bits per heavy atom. The first-order valence-electron chi connectivity index (χ1n) is 6.33. The van der Waals surface area contributed by atoms with Crippen LogP contribution in [0.25, 0.3) is 11.0 Å². The fraction of sp³-hybridized carbons (Fsp3) is 0.385. The van der Waals surface area contributed by atoms with Crippen molar-refractivity contribution in [3.8, 4) is 0 Å². The second-order valence-electron chi connectivity index (χ2n) is 4.94. The van der Waals surface area contributed by atoms with E-state index < -0.39 is 12.3 Å². The van der Waals surface area contributed by atoms with Crippen molar-refractivity contribution < 1.29 is 9.90 Å². The van der Waals surface area contributed by atoms with Gasteiger partial charge in [0.1, 0.15) is 6.23 Å². The second-order valence-corrected chi connectivity index (χ2v) is 5.79. The maximum Gasteiger partial charge on any atom is 0.329 e. The highest BCUT2D eigenvalue weighted by atomic mass is 79.9. The molecule has 0 bridgehead atoms. The van der Waals surface area contributed by atoms with Gasteiger partial charge < -0.3 is 10.4 Å². The molecule has 1 fully saturated rings. The van der Waals surface area contributed by atoms with Gasteiger partial charge in [0.25, 0.3) is 0 Å². The highest BCUT2D eigenvalue weighted by Crippen LogP contribution is 2.28. The molecular formula is C13H14BrN3O3. The number of para-hydroxylation sites is 1. The van der Waals surface area contributed by atoms with Crippen molar-refractivity contribution in [3.05, 3.63) is 33.2 Å². The van der Waals surface area contributed by atoms with Gasteiger partial charge in [0.15, 0.2) is 0 Å². The highest BCUT2D eigenvalue weighted by molar-refractivity contribution is 9.10. The van der Waals surface area contributed by atoms with Crippen molar-refractivity contribution in [1.29, 1.82) is 0 Å². The predicted octanol–water partition coefficient (Wildman–Crippen LogP) is 0.872. The first-order valence-corrected chi connectivity index (χ1v) is 7.13. The number of aromatic nitrogens is 2. The van der Waals surface area contributed by atoms with E-state index in [0.717, 1.165) is 15.5 Å². The average molecular weight is 340 g/mol. The number of aryl methyl sites for hydroxylation is 1. The lowest BCUT2D eigenvalue weighted by Gasteiger charge is -2.29. The van der Waals surface area contributed by atoms with E-state index in [1.807, 2.05) is 18.2 Å². The third-order valence-corrected chi connectivity index (χ3v) is 4.37. The normalized spacial score (nSPS) is 23.1. The molecule has 20 heavy (non-hydrogen) atoms. The van der Waals surface area contributed by atoms with Crippen LogP contribution in [0.4, 0.5) is 0 Å². The summed E-state index contributed by atoms with van der Waals surface area (Å²) in [6, 6.07) is 5.10. The van der Waals surface area contributed by atoms with Crippen LogP contribution >= 0.6 is 15.9 Å². The molecule has 2 aromatic rings. The summed E-state index contributed by atoms with van der Waals surface area (Å²) in [5, 5.41) is 12.5. The Morgan fingerprint density at radius 2 is 2.15 bits per heavy atom. The molecule has 1 amide bonds. The van der Waals surface area contributed by atoms with E-state index in [2.05, 4.69) is 21.2 Å². The summed E-state index contributed by atoms with van der Waals surface area (Å²) < 4.78 is 3.93. The zero-order valence-electron chi connectivity index (χ0n) is 10.8. The summed E-state index contributed by atoms with van der Waals surface area (Å²) in [5.41, 5.74) is 1.32. The zero-order chi connectivity index (χ0) is 14.4. The minimum atomic E-state index is -1.04.